The SMILES string of the molecule is Cc1cnc(NC(=O)[C@H]2CCCN(C(=O)CNC(=O)c3ccccc3)C2)s1. The molecule has 7 nitrogen and oxygen atoms in total. The molecular weight excluding hydrogens is 364 g/mol. The van der Waals surface area contributed by atoms with E-state index in [-0.39, 0.29) is 30.2 Å². The van der Waals surface area contributed by atoms with E-state index in [1.807, 2.05) is 13.0 Å². The third kappa shape index (κ3) is 5.13. The lowest BCUT2D eigenvalue weighted by Crippen LogP contribution is -2.47. The zero-order valence-corrected chi connectivity index (χ0v) is 15.9. The van der Waals surface area contributed by atoms with Crippen molar-refractivity contribution in [2.24, 2.45) is 5.92 Å². The van der Waals surface area contributed by atoms with Crippen molar-refractivity contribution >= 4 is 34.2 Å². The van der Waals surface area contributed by atoms with Crippen LogP contribution in [0.2, 0.25) is 0 Å². The van der Waals surface area contributed by atoms with Gasteiger partial charge in [0, 0.05) is 29.7 Å². The minimum atomic E-state index is -0.283. The van der Waals surface area contributed by atoms with E-state index in [4.69, 9.17) is 0 Å². The highest BCUT2D eigenvalue weighted by Gasteiger charge is 2.29. The number of likely N-dealkylation sites (tertiary alicyclic amines) is 1. The number of anilines is 1. The highest BCUT2D eigenvalue weighted by atomic mass is 32.1. The lowest BCUT2D eigenvalue weighted by molar-refractivity contribution is -0.133. The van der Waals surface area contributed by atoms with Crippen molar-refractivity contribution < 1.29 is 14.4 Å². The van der Waals surface area contributed by atoms with Crippen LogP contribution >= 0.6 is 11.3 Å². The molecule has 1 aromatic heterocycles. The van der Waals surface area contributed by atoms with Crippen LogP contribution in [0.1, 0.15) is 28.1 Å². The van der Waals surface area contributed by atoms with Gasteiger partial charge >= 0.3 is 0 Å². The van der Waals surface area contributed by atoms with Gasteiger partial charge in [0.05, 0.1) is 12.5 Å². The number of amides is 3. The summed E-state index contributed by atoms with van der Waals surface area (Å²) < 4.78 is 0. The van der Waals surface area contributed by atoms with Crippen LogP contribution in [-0.2, 0) is 9.59 Å². The summed E-state index contributed by atoms with van der Waals surface area (Å²) in [4.78, 5) is 43.7. The molecule has 2 aromatic rings. The van der Waals surface area contributed by atoms with E-state index in [1.54, 1.807) is 35.4 Å². The van der Waals surface area contributed by atoms with Crippen LogP contribution in [0.15, 0.2) is 36.5 Å². The Labute approximate surface area is 161 Å². The number of carbonyl (C=O) groups excluding carboxylic acids is 3. The first kappa shape index (κ1) is 19.0. The van der Waals surface area contributed by atoms with Crippen LogP contribution in [0, 0.1) is 12.8 Å². The maximum absolute atomic E-state index is 12.4. The molecule has 2 heterocycles. The van der Waals surface area contributed by atoms with E-state index in [1.165, 1.54) is 11.3 Å². The molecule has 1 aromatic carbocycles. The highest BCUT2D eigenvalue weighted by molar-refractivity contribution is 7.15. The first-order chi connectivity index (χ1) is 13.0. The van der Waals surface area contributed by atoms with Crippen molar-refractivity contribution in [2.75, 3.05) is 25.0 Å². The van der Waals surface area contributed by atoms with Crippen LogP contribution in [0.3, 0.4) is 0 Å². The lowest BCUT2D eigenvalue weighted by atomic mass is 9.97. The summed E-state index contributed by atoms with van der Waals surface area (Å²) in [6.45, 7) is 2.81. The van der Waals surface area contributed by atoms with Crippen LogP contribution in [0.25, 0.3) is 0 Å². The van der Waals surface area contributed by atoms with Crippen molar-refractivity contribution in [2.45, 2.75) is 19.8 Å². The zero-order chi connectivity index (χ0) is 19.2. The molecule has 0 aliphatic carbocycles. The van der Waals surface area contributed by atoms with Gasteiger partial charge in [-0.25, -0.2) is 4.98 Å². The van der Waals surface area contributed by atoms with E-state index in [2.05, 4.69) is 15.6 Å². The normalized spacial score (nSPS) is 16.6. The summed E-state index contributed by atoms with van der Waals surface area (Å²) in [5, 5.41) is 6.05. The number of aryl methyl sites for hydroxylation is 1. The Morgan fingerprint density at radius 3 is 2.74 bits per heavy atom. The molecule has 0 saturated carbocycles. The van der Waals surface area contributed by atoms with Gasteiger partial charge in [-0.15, -0.1) is 11.3 Å². The monoisotopic (exact) mass is 386 g/mol. The van der Waals surface area contributed by atoms with Crippen molar-refractivity contribution in [3.63, 3.8) is 0 Å². The van der Waals surface area contributed by atoms with E-state index < -0.39 is 0 Å². The zero-order valence-electron chi connectivity index (χ0n) is 15.1. The number of hydrogen-bond acceptors (Lipinski definition) is 5. The fraction of sp³-hybridized carbons (Fsp3) is 0.368. The molecule has 1 atom stereocenters. The number of nitrogens with one attached hydrogen (secondary N) is 2. The summed E-state index contributed by atoms with van der Waals surface area (Å²) in [6, 6.07) is 8.76. The Bertz CT molecular complexity index is 821. The fourth-order valence-electron chi connectivity index (χ4n) is 3.00. The molecule has 8 heteroatoms. The Kier molecular flexibility index (Phi) is 6.18. The van der Waals surface area contributed by atoms with E-state index in [0.29, 0.717) is 23.8 Å². The molecule has 3 amide bonds. The Morgan fingerprint density at radius 1 is 1.26 bits per heavy atom. The smallest absolute Gasteiger partial charge is 0.251 e. The predicted molar refractivity (Wildman–Crippen MR) is 104 cm³/mol. The Balaban J connectivity index is 1.50. The molecule has 0 spiro atoms. The van der Waals surface area contributed by atoms with Crippen molar-refractivity contribution in [3.8, 4) is 0 Å². The van der Waals surface area contributed by atoms with Crippen molar-refractivity contribution in [1.82, 2.24) is 15.2 Å². The van der Waals surface area contributed by atoms with Gasteiger partial charge in [-0.1, -0.05) is 18.2 Å². The average molecular weight is 386 g/mol. The first-order valence-electron chi connectivity index (χ1n) is 8.87. The third-order valence-electron chi connectivity index (χ3n) is 4.43. The van der Waals surface area contributed by atoms with Gasteiger partial charge in [-0.2, -0.15) is 0 Å². The topological polar surface area (TPSA) is 91.4 Å². The minimum Gasteiger partial charge on any atom is -0.343 e. The number of hydrogen-bond donors (Lipinski definition) is 2. The fourth-order valence-corrected chi connectivity index (χ4v) is 3.66. The maximum Gasteiger partial charge on any atom is 0.251 e. The average Bonchev–Trinajstić information content (AvgIpc) is 3.11. The summed E-state index contributed by atoms with van der Waals surface area (Å²) in [5.74, 6) is -0.844. The number of carbonyl (C=O) groups is 3. The van der Waals surface area contributed by atoms with Gasteiger partial charge in [-0.3, -0.25) is 14.4 Å². The third-order valence-corrected chi connectivity index (χ3v) is 5.26. The number of rotatable bonds is 5. The van der Waals surface area contributed by atoms with Gasteiger partial charge in [-0.05, 0) is 31.9 Å². The molecule has 3 rings (SSSR count). The second kappa shape index (κ2) is 8.77. The number of piperidine rings is 1. The summed E-state index contributed by atoms with van der Waals surface area (Å²) in [6.07, 6.45) is 3.20. The molecule has 142 valence electrons. The molecule has 27 heavy (non-hydrogen) atoms. The van der Waals surface area contributed by atoms with Crippen LogP contribution in [0.4, 0.5) is 5.13 Å². The van der Waals surface area contributed by atoms with Gasteiger partial charge < -0.3 is 15.5 Å². The molecule has 1 saturated heterocycles. The van der Waals surface area contributed by atoms with Gasteiger partial charge in [0.25, 0.3) is 5.91 Å². The Hall–Kier alpha value is -2.74. The van der Waals surface area contributed by atoms with Crippen molar-refractivity contribution in [1.29, 1.82) is 0 Å². The summed E-state index contributed by atoms with van der Waals surface area (Å²) in [7, 11) is 0. The predicted octanol–water partition coefficient (Wildman–Crippen LogP) is 2.06. The first-order valence-corrected chi connectivity index (χ1v) is 9.69. The Morgan fingerprint density at radius 2 is 2.04 bits per heavy atom. The molecule has 0 radical (unpaired) electrons. The van der Waals surface area contributed by atoms with E-state index >= 15 is 0 Å². The largest absolute Gasteiger partial charge is 0.343 e. The second-order valence-corrected chi connectivity index (χ2v) is 7.73. The summed E-state index contributed by atoms with van der Waals surface area (Å²) >= 11 is 1.43. The molecule has 2 N–H and O–H groups in total. The minimum absolute atomic E-state index is 0.0757. The lowest BCUT2D eigenvalue weighted by Gasteiger charge is -2.32. The molecule has 1 aliphatic heterocycles. The van der Waals surface area contributed by atoms with Crippen LogP contribution in [-0.4, -0.2) is 47.2 Å². The van der Waals surface area contributed by atoms with Gasteiger partial charge in [0.15, 0.2) is 5.13 Å². The summed E-state index contributed by atoms with van der Waals surface area (Å²) in [5.41, 5.74) is 0.514. The molecule has 0 unspecified atom stereocenters. The van der Waals surface area contributed by atoms with E-state index in [9.17, 15) is 14.4 Å². The quantitative estimate of drug-likeness (QED) is 0.823. The number of nitrogens with zero attached hydrogens (tertiary/aromatic N) is 2. The number of aromatic nitrogens is 1. The standard InChI is InChI=1S/C19H22N4O3S/c1-13-10-21-19(27-13)22-18(26)15-8-5-9-23(12-15)16(24)11-20-17(25)14-6-3-2-4-7-14/h2-4,6-7,10,15H,5,8-9,11-12H2,1H3,(H,20,25)(H,21,22,26)/t15-/m0/s1. The molecular formula is C19H22N4O3S. The molecule has 0 bridgehead atoms. The van der Waals surface area contributed by atoms with Gasteiger partial charge in [0.1, 0.15) is 0 Å². The van der Waals surface area contributed by atoms with Crippen LogP contribution < -0.4 is 10.6 Å². The van der Waals surface area contributed by atoms with Gasteiger partial charge in [0.2, 0.25) is 11.8 Å². The van der Waals surface area contributed by atoms with Crippen molar-refractivity contribution in [3.05, 3.63) is 47.0 Å². The van der Waals surface area contributed by atoms with E-state index in [0.717, 1.165) is 17.7 Å². The van der Waals surface area contributed by atoms with Crippen LogP contribution in [0.5, 0.6) is 0 Å². The highest BCUT2D eigenvalue weighted by Crippen LogP contribution is 2.21. The number of thiazole rings is 1. The number of benzene rings is 1. The molecule has 1 aliphatic rings. The molecule has 1 fully saturated rings. The second-order valence-electron chi connectivity index (χ2n) is 6.49. The maximum atomic E-state index is 12.4.